The third-order valence-electron chi connectivity index (χ3n) is 4.28. The van der Waals surface area contributed by atoms with Crippen LogP contribution in [0.5, 0.6) is 0 Å². The summed E-state index contributed by atoms with van der Waals surface area (Å²) in [7, 11) is 1.96. The Kier molecular flexibility index (Phi) is 5.96. The summed E-state index contributed by atoms with van der Waals surface area (Å²) in [4.78, 5) is 14.1. The highest BCUT2D eigenvalue weighted by molar-refractivity contribution is 5.76. The van der Waals surface area contributed by atoms with E-state index in [0.29, 0.717) is 36.8 Å². The van der Waals surface area contributed by atoms with Crippen molar-refractivity contribution in [3.8, 4) is 0 Å². The van der Waals surface area contributed by atoms with Gasteiger partial charge >= 0.3 is 0 Å². The van der Waals surface area contributed by atoms with Gasteiger partial charge < -0.3 is 10.6 Å². The molecule has 3 nitrogen and oxygen atoms in total. The molecule has 0 heterocycles. The van der Waals surface area contributed by atoms with Crippen molar-refractivity contribution in [1.29, 1.82) is 0 Å². The van der Waals surface area contributed by atoms with E-state index in [-0.39, 0.29) is 0 Å². The van der Waals surface area contributed by atoms with Gasteiger partial charge in [-0.15, -0.1) is 0 Å². The molecule has 1 aliphatic carbocycles. The van der Waals surface area contributed by atoms with E-state index in [4.69, 9.17) is 5.73 Å². The van der Waals surface area contributed by atoms with Crippen LogP contribution in [-0.2, 0) is 4.79 Å². The first-order valence-electron chi connectivity index (χ1n) is 7.05. The monoisotopic (exact) mass is 240 g/mol. The van der Waals surface area contributed by atoms with Crippen molar-refractivity contribution < 1.29 is 4.79 Å². The minimum absolute atomic E-state index is 0.296. The summed E-state index contributed by atoms with van der Waals surface area (Å²) >= 11 is 0. The smallest absolute Gasteiger partial charge is 0.222 e. The molecule has 1 rings (SSSR count). The van der Waals surface area contributed by atoms with Crippen LogP contribution >= 0.6 is 0 Å². The number of nitrogens with zero attached hydrogens (tertiary/aromatic N) is 1. The summed E-state index contributed by atoms with van der Waals surface area (Å²) < 4.78 is 0. The normalized spacial score (nSPS) is 26.6. The molecule has 1 aliphatic rings. The molecule has 3 atom stereocenters. The first-order valence-corrected chi connectivity index (χ1v) is 7.05. The number of carbonyl (C=O) groups excluding carboxylic acids is 1. The van der Waals surface area contributed by atoms with E-state index >= 15 is 0 Å². The lowest BCUT2D eigenvalue weighted by Crippen LogP contribution is -2.46. The fourth-order valence-electron chi connectivity index (χ4n) is 2.74. The molecular weight excluding hydrogens is 212 g/mol. The van der Waals surface area contributed by atoms with Crippen LogP contribution < -0.4 is 5.73 Å². The minimum atomic E-state index is 0.296. The second-order valence-electron chi connectivity index (χ2n) is 5.57. The Bertz CT molecular complexity index is 242. The fraction of sp³-hybridized carbons (Fsp3) is 0.929. The number of rotatable bonds is 5. The van der Waals surface area contributed by atoms with Gasteiger partial charge in [0.2, 0.25) is 5.91 Å². The van der Waals surface area contributed by atoms with Crippen molar-refractivity contribution in [3.05, 3.63) is 0 Å². The lowest BCUT2D eigenvalue weighted by atomic mass is 9.83. The Balaban J connectivity index is 2.54. The molecule has 0 spiro atoms. The summed E-state index contributed by atoms with van der Waals surface area (Å²) in [5.41, 5.74) is 5.82. The van der Waals surface area contributed by atoms with Gasteiger partial charge in [-0.05, 0) is 31.2 Å². The maximum Gasteiger partial charge on any atom is 0.222 e. The average Bonchev–Trinajstić information content (AvgIpc) is 2.37. The lowest BCUT2D eigenvalue weighted by Gasteiger charge is -2.38. The number of nitrogens with two attached hydrogens (primary N) is 1. The average molecular weight is 240 g/mol. The van der Waals surface area contributed by atoms with Crippen molar-refractivity contribution in [1.82, 2.24) is 4.90 Å². The molecule has 3 heteroatoms. The predicted octanol–water partition coefficient (Wildman–Crippen LogP) is 2.40. The van der Waals surface area contributed by atoms with Crippen LogP contribution in [0.1, 0.15) is 52.4 Å². The highest BCUT2D eigenvalue weighted by Gasteiger charge is 2.29. The number of hydrogen-bond acceptors (Lipinski definition) is 2. The topological polar surface area (TPSA) is 46.3 Å². The van der Waals surface area contributed by atoms with Gasteiger partial charge in [0.15, 0.2) is 0 Å². The first kappa shape index (κ1) is 14.5. The van der Waals surface area contributed by atoms with Crippen molar-refractivity contribution in [2.75, 3.05) is 13.6 Å². The molecule has 1 saturated carbocycles. The molecule has 0 aromatic heterocycles. The van der Waals surface area contributed by atoms with Crippen LogP contribution in [0.15, 0.2) is 0 Å². The Morgan fingerprint density at radius 3 is 2.65 bits per heavy atom. The van der Waals surface area contributed by atoms with Gasteiger partial charge in [-0.25, -0.2) is 0 Å². The number of carbonyl (C=O) groups is 1. The van der Waals surface area contributed by atoms with Crippen molar-refractivity contribution in [3.63, 3.8) is 0 Å². The highest BCUT2D eigenvalue weighted by Crippen LogP contribution is 2.27. The molecule has 0 radical (unpaired) electrons. The van der Waals surface area contributed by atoms with Crippen LogP contribution in [0.25, 0.3) is 0 Å². The summed E-state index contributed by atoms with van der Waals surface area (Å²) in [6.07, 6.45) is 6.58. The van der Waals surface area contributed by atoms with E-state index in [1.54, 1.807) is 0 Å². The molecule has 100 valence electrons. The SMILES string of the molecule is CCC(C)CC(=O)N(C)C1CCCCC1CN. The molecule has 3 unspecified atom stereocenters. The molecule has 0 aliphatic heterocycles. The molecule has 1 amide bonds. The Morgan fingerprint density at radius 1 is 1.41 bits per heavy atom. The molecule has 0 aromatic carbocycles. The van der Waals surface area contributed by atoms with Crippen LogP contribution in [-0.4, -0.2) is 30.4 Å². The Hall–Kier alpha value is -0.570. The number of hydrogen-bond donors (Lipinski definition) is 1. The third-order valence-corrected chi connectivity index (χ3v) is 4.28. The van der Waals surface area contributed by atoms with E-state index in [2.05, 4.69) is 13.8 Å². The zero-order chi connectivity index (χ0) is 12.8. The van der Waals surface area contributed by atoms with Crippen LogP contribution in [0.2, 0.25) is 0 Å². The van der Waals surface area contributed by atoms with Crippen LogP contribution in [0.4, 0.5) is 0 Å². The maximum absolute atomic E-state index is 12.2. The van der Waals surface area contributed by atoms with E-state index in [1.165, 1.54) is 19.3 Å². The van der Waals surface area contributed by atoms with Crippen LogP contribution in [0, 0.1) is 11.8 Å². The second kappa shape index (κ2) is 7.00. The zero-order valence-corrected chi connectivity index (χ0v) is 11.6. The Morgan fingerprint density at radius 2 is 2.06 bits per heavy atom. The van der Waals surface area contributed by atoms with E-state index in [1.807, 2.05) is 11.9 Å². The summed E-state index contributed by atoms with van der Waals surface area (Å²) in [5, 5.41) is 0. The summed E-state index contributed by atoms with van der Waals surface area (Å²) in [6, 6.07) is 0.380. The largest absolute Gasteiger partial charge is 0.342 e. The van der Waals surface area contributed by atoms with Gasteiger partial charge in [0.1, 0.15) is 0 Å². The highest BCUT2D eigenvalue weighted by atomic mass is 16.2. The van der Waals surface area contributed by atoms with Crippen molar-refractivity contribution in [2.45, 2.75) is 58.4 Å². The third kappa shape index (κ3) is 3.98. The van der Waals surface area contributed by atoms with Gasteiger partial charge in [-0.1, -0.05) is 33.1 Å². The predicted molar refractivity (Wildman–Crippen MR) is 71.6 cm³/mol. The Labute approximate surface area is 106 Å². The van der Waals surface area contributed by atoms with Crippen molar-refractivity contribution in [2.24, 2.45) is 17.6 Å². The van der Waals surface area contributed by atoms with Gasteiger partial charge in [-0.2, -0.15) is 0 Å². The zero-order valence-electron chi connectivity index (χ0n) is 11.6. The summed E-state index contributed by atoms with van der Waals surface area (Å²) in [6.45, 7) is 5.00. The van der Waals surface area contributed by atoms with Crippen molar-refractivity contribution >= 4 is 5.91 Å². The molecule has 17 heavy (non-hydrogen) atoms. The van der Waals surface area contributed by atoms with Gasteiger partial charge in [0.25, 0.3) is 0 Å². The second-order valence-corrected chi connectivity index (χ2v) is 5.57. The van der Waals surface area contributed by atoms with E-state index in [9.17, 15) is 4.79 Å². The minimum Gasteiger partial charge on any atom is -0.342 e. The van der Waals surface area contributed by atoms with E-state index in [0.717, 1.165) is 12.8 Å². The standard InChI is InChI=1S/C14H28N2O/c1-4-11(2)9-14(17)16(3)13-8-6-5-7-12(13)10-15/h11-13H,4-10,15H2,1-3H3. The van der Waals surface area contributed by atoms with Gasteiger partial charge in [0.05, 0.1) is 0 Å². The van der Waals surface area contributed by atoms with Gasteiger partial charge in [-0.3, -0.25) is 4.79 Å². The maximum atomic E-state index is 12.2. The molecule has 2 N–H and O–H groups in total. The first-order chi connectivity index (χ1) is 8.10. The van der Waals surface area contributed by atoms with Gasteiger partial charge in [0, 0.05) is 19.5 Å². The molecule has 1 fully saturated rings. The summed E-state index contributed by atoms with van der Waals surface area (Å²) in [5.74, 6) is 1.30. The quantitative estimate of drug-likeness (QED) is 0.802. The molecule has 0 bridgehead atoms. The van der Waals surface area contributed by atoms with Crippen LogP contribution in [0.3, 0.4) is 0 Å². The van der Waals surface area contributed by atoms with E-state index < -0.39 is 0 Å². The molecular formula is C14H28N2O. The molecule has 0 saturated heterocycles. The lowest BCUT2D eigenvalue weighted by molar-refractivity contribution is -0.134. The fourth-order valence-corrected chi connectivity index (χ4v) is 2.74. The number of amides is 1. The molecule has 0 aromatic rings.